The smallest absolute Gasteiger partial charge is 0.140 e. The minimum absolute atomic E-state index is 0.138. The van der Waals surface area contributed by atoms with Crippen LogP contribution in [0.5, 0.6) is 0 Å². The van der Waals surface area contributed by atoms with Gasteiger partial charge in [-0.2, -0.15) is 0 Å². The van der Waals surface area contributed by atoms with Crippen molar-refractivity contribution >= 4 is 37.6 Å². The number of halogens is 2. The quantitative estimate of drug-likeness (QED) is 0.680. The van der Waals surface area contributed by atoms with E-state index in [2.05, 4.69) is 45.7 Å². The van der Waals surface area contributed by atoms with Gasteiger partial charge in [0.1, 0.15) is 5.78 Å². The first kappa shape index (κ1) is 10.2. The number of fused-ring (bicyclic) bond motifs is 2. The molecule has 2 saturated carbocycles. The maximum Gasteiger partial charge on any atom is 0.140 e. The fourth-order valence-electron chi connectivity index (χ4n) is 3.01. The molecule has 0 N–H and O–H groups in total. The SMILES string of the molecule is C[C@]12C(=O)C[C@@H](C[C@H]1Br)[C@@]2(C)CBr. The van der Waals surface area contributed by atoms with Gasteiger partial charge in [-0.15, -0.1) is 0 Å². The molecule has 0 heterocycles. The first-order valence-corrected chi connectivity index (χ1v) is 6.74. The van der Waals surface area contributed by atoms with E-state index in [9.17, 15) is 4.79 Å². The van der Waals surface area contributed by atoms with Gasteiger partial charge in [-0.05, 0) is 17.8 Å². The van der Waals surface area contributed by atoms with E-state index in [1.807, 2.05) is 0 Å². The highest BCUT2D eigenvalue weighted by Gasteiger charge is 2.67. The summed E-state index contributed by atoms with van der Waals surface area (Å²) in [5, 5.41) is 0.939. The number of Topliss-reactive ketones (excluding diaryl/α,β-unsaturated/α-hetero) is 1. The number of rotatable bonds is 1. The van der Waals surface area contributed by atoms with Crippen molar-refractivity contribution < 1.29 is 4.79 Å². The van der Waals surface area contributed by atoms with Crippen LogP contribution in [-0.4, -0.2) is 15.9 Å². The van der Waals surface area contributed by atoms with Crippen LogP contribution < -0.4 is 0 Å². The van der Waals surface area contributed by atoms with Crippen LogP contribution in [0.15, 0.2) is 0 Å². The molecule has 0 unspecified atom stereocenters. The molecule has 1 nitrogen and oxygen atoms in total. The average molecular weight is 310 g/mol. The lowest BCUT2D eigenvalue weighted by Gasteiger charge is -2.36. The highest BCUT2D eigenvalue weighted by atomic mass is 79.9. The number of carbonyl (C=O) groups excluding carboxylic acids is 1. The van der Waals surface area contributed by atoms with Gasteiger partial charge in [-0.25, -0.2) is 0 Å². The Morgan fingerprint density at radius 2 is 2.15 bits per heavy atom. The Hall–Kier alpha value is 0.630. The maximum absolute atomic E-state index is 11.9. The van der Waals surface area contributed by atoms with E-state index in [-0.39, 0.29) is 10.8 Å². The second-order valence-electron chi connectivity index (χ2n) is 4.78. The van der Waals surface area contributed by atoms with Gasteiger partial charge in [0.05, 0.1) is 0 Å². The Bertz CT molecular complexity index is 266. The van der Waals surface area contributed by atoms with E-state index < -0.39 is 0 Å². The highest BCUT2D eigenvalue weighted by molar-refractivity contribution is 9.09. The molecule has 2 fully saturated rings. The van der Waals surface area contributed by atoms with E-state index >= 15 is 0 Å². The monoisotopic (exact) mass is 308 g/mol. The van der Waals surface area contributed by atoms with Crippen LogP contribution >= 0.6 is 31.9 Å². The van der Waals surface area contributed by atoms with Crippen LogP contribution in [0.3, 0.4) is 0 Å². The first-order chi connectivity index (χ1) is 5.96. The van der Waals surface area contributed by atoms with Crippen molar-refractivity contribution in [2.75, 3.05) is 5.33 Å². The molecule has 0 aromatic heterocycles. The van der Waals surface area contributed by atoms with Gasteiger partial charge in [0.2, 0.25) is 0 Å². The molecule has 2 bridgehead atoms. The normalized spacial score (nSPS) is 54.6. The molecule has 0 radical (unpaired) electrons. The molecule has 2 rings (SSSR count). The summed E-state index contributed by atoms with van der Waals surface area (Å²) in [6.07, 6.45) is 1.95. The minimum Gasteiger partial charge on any atom is -0.299 e. The molecule has 0 spiro atoms. The largest absolute Gasteiger partial charge is 0.299 e. The van der Waals surface area contributed by atoms with Crippen molar-refractivity contribution in [1.29, 1.82) is 0 Å². The summed E-state index contributed by atoms with van der Waals surface area (Å²) >= 11 is 7.24. The van der Waals surface area contributed by atoms with Gasteiger partial charge in [0.15, 0.2) is 0 Å². The molecule has 3 heteroatoms. The Morgan fingerprint density at radius 3 is 2.46 bits per heavy atom. The average Bonchev–Trinajstić information content (AvgIpc) is 2.38. The first-order valence-electron chi connectivity index (χ1n) is 4.70. The molecule has 13 heavy (non-hydrogen) atoms. The molecule has 2 aliphatic carbocycles. The lowest BCUT2D eigenvalue weighted by Crippen LogP contribution is -2.41. The van der Waals surface area contributed by atoms with Crippen LogP contribution in [0.2, 0.25) is 0 Å². The molecule has 0 aromatic rings. The molecular formula is C10H14Br2O. The Morgan fingerprint density at radius 1 is 1.54 bits per heavy atom. The third-order valence-corrected chi connectivity index (χ3v) is 6.95. The second-order valence-corrected chi connectivity index (χ2v) is 6.45. The lowest BCUT2D eigenvalue weighted by molar-refractivity contribution is -0.127. The second kappa shape index (κ2) is 2.82. The summed E-state index contributed by atoms with van der Waals surface area (Å²) in [7, 11) is 0. The van der Waals surface area contributed by atoms with Crippen LogP contribution in [0.25, 0.3) is 0 Å². The van der Waals surface area contributed by atoms with E-state index in [4.69, 9.17) is 0 Å². The van der Waals surface area contributed by atoms with Crippen LogP contribution in [-0.2, 0) is 4.79 Å². The number of alkyl halides is 2. The molecular weight excluding hydrogens is 296 g/mol. The molecule has 0 saturated heterocycles. The van der Waals surface area contributed by atoms with Gasteiger partial charge in [-0.1, -0.05) is 45.7 Å². The van der Waals surface area contributed by atoms with E-state index in [0.29, 0.717) is 16.5 Å². The zero-order chi connectivity index (χ0) is 9.85. The third kappa shape index (κ3) is 0.956. The molecule has 0 amide bonds. The van der Waals surface area contributed by atoms with E-state index in [0.717, 1.165) is 18.2 Å². The lowest BCUT2D eigenvalue weighted by atomic mass is 9.70. The van der Waals surface area contributed by atoms with Gasteiger partial charge >= 0.3 is 0 Å². The number of ketones is 1. The fourth-order valence-corrected chi connectivity index (χ4v) is 5.28. The summed E-state index contributed by atoms with van der Waals surface area (Å²) in [6.45, 7) is 4.38. The fraction of sp³-hybridized carbons (Fsp3) is 0.900. The summed E-state index contributed by atoms with van der Waals surface area (Å²) in [5.74, 6) is 1.03. The molecule has 4 atom stereocenters. The Kier molecular flexibility index (Phi) is 2.20. The van der Waals surface area contributed by atoms with Crippen molar-refractivity contribution in [3.05, 3.63) is 0 Å². The zero-order valence-electron chi connectivity index (χ0n) is 7.94. The minimum atomic E-state index is -0.138. The molecule has 0 aliphatic heterocycles. The van der Waals surface area contributed by atoms with Crippen molar-refractivity contribution in [1.82, 2.24) is 0 Å². The summed E-state index contributed by atoms with van der Waals surface area (Å²) in [6, 6.07) is 0. The maximum atomic E-state index is 11.9. The van der Waals surface area contributed by atoms with E-state index in [1.54, 1.807) is 0 Å². The summed E-state index contributed by atoms with van der Waals surface area (Å²) < 4.78 is 0. The predicted molar refractivity (Wildman–Crippen MR) is 60.5 cm³/mol. The van der Waals surface area contributed by atoms with Crippen molar-refractivity contribution in [2.45, 2.75) is 31.5 Å². The van der Waals surface area contributed by atoms with Crippen molar-refractivity contribution in [2.24, 2.45) is 16.7 Å². The Balaban J connectivity index is 2.49. The Labute approximate surface area is 95.9 Å². The van der Waals surface area contributed by atoms with Gasteiger partial charge < -0.3 is 0 Å². The number of hydrogen-bond acceptors (Lipinski definition) is 1. The van der Waals surface area contributed by atoms with Crippen LogP contribution in [0.4, 0.5) is 0 Å². The van der Waals surface area contributed by atoms with Gasteiger partial charge in [0, 0.05) is 22.0 Å². The van der Waals surface area contributed by atoms with Crippen LogP contribution in [0.1, 0.15) is 26.7 Å². The highest BCUT2D eigenvalue weighted by Crippen LogP contribution is 2.66. The third-order valence-electron chi connectivity index (χ3n) is 4.49. The predicted octanol–water partition coefficient (Wildman–Crippen LogP) is 3.15. The number of hydrogen-bond donors (Lipinski definition) is 0. The standard InChI is InChI=1S/C10H14Br2O/c1-9(5-11)6-3-7(12)10(9,2)8(13)4-6/h6-7H,3-5H2,1-2H3/t6-,7-,9-,10-/m1/s1. The van der Waals surface area contributed by atoms with Gasteiger partial charge in [0.25, 0.3) is 0 Å². The summed E-state index contributed by atoms with van der Waals surface area (Å²) in [5.41, 5.74) is 0.0272. The van der Waals surface area contributed by atoms with E-state index in [1.165, 1.54) is 0 Å². The molecule has 0 aromatic carbocycles. The van der Waals surface area contributed by atoms with Crippen molar-refractivity contribution in [3.63, 3.8) is 0 Å². The topological polar surface area (TPSA) is 17.1 Å². The van der Waals surface area contributed by atoms with Crippen molar-refractivity contribution in [3.8, 4) is 0 Å². The number of carbonyl (C=O) groups is 1. The summed E-state index contributed by atoms with van der Waals surface area (Å²) in [4.78, 5) is 12.3. The van der Waals surface area contributed by atoms with Gasteiger partial charge in [-0.3, -0.25) is 4.79 Å². The zero-order valence-corrected chi connectivity index (χ0v) is 11.1. The molecule has 2 aliphatic rings. The molecule has 74 valence electrons. The van der Waals surface area contributed by atoms with Crippen LogP contribution in [0, 0.1) is 16.7 Å².